The Kier molecular flexibility index (Phi) is 10.5. The number of hydrogen-bond donors (Lipinski definition) is 3. The van der Waals surface area contributed by atoms with Crippen molar-refractivity contribution in [3.8, 4) is 0 Å². The summed E-state index contributed by atoms with van der Waals surface area (Å²) < 4.78 is 0. The Balaban J connectivity index is 0.00000529. The maximum atomic E-state index is 11.9. The monoisotopic (exact) mass is 451 g/mol. The van der Waals surface area contributed by atoms with Crippen molar-refractivity contribution in [3.63, 3.8) is 0 Å². The Morgan fingerprint density at radius 1 is 1.33 bits per heavy atom. The van der Waals surface area contributed by atoms with Gasteiger partial charge in [0.25, 0.3) is 0 Å². The van der Waals surface area contributed by atoms with Crippen LogP contribution in [0.1, 0.15) is 40.5 Å². The minimum atomic E-state index is -0.167. The Bertz CT molecular complexity index is 437. The lowest BCUT2D eigenvalue weighted by atomic mass is 9.97. The fourth-order valence-electron chi connectivity index (χ4n) is 2.53. The largest absolute Gasteiger partial charge is 0.370 e. The third-order valence-electron chi connectivity index (χ3n) is 3.68. The zero-order valence-electron chi connectivity index (χ0n) is 15.5. The van der Waals surface area contributed by atoms with Crippen LogP contribution in [0.15, 0.2) is 17.1 Å². The van der Waals surface area contributed by atoms with Gasteiger partial charge in [-0.3, -0.25) is 9.69 Å². The van der Waals surface area contributed by atoms with Gasteiger partial charge in [0.1, 0.15) is 0 Å². The van der Waals surface area contributed by atoms with Crippen LogP contribution >= 0.6 is 24.0 Å². The number of amides is 1. The normalized spacial score (nSPS) is 17.1. The van der Waals surface area contributed by atoms with E-state index in [0.717, 1.165) is 38.0 Å². The number of halogens is 1. The fraction of sp³-hybridized carbons (Fsp3) is 0.765. The molecule has 1 heterocycles. The van der Waals surface area contributed by atoms with E-state index in [2.05, 4.69) is 27.1 Å². The molecule has 1 fully saturated rings. The van der Waals surface area contributed by atoms with Gasteiger partial charge in [-0.05, 0) is 59.5 Å². The number of likely N-dealkylation sites (tertiary alicyclic amines) is 1. The van der Waals surface area contributed by atoms with E-state index in [1.165, 1.54) is 0 Å². The first-order valence-corrected chi connectivity index (χ1v) is 8.37. The maximum absolute atomic E-state index is 11.9. The number of nitrogens with zero attached hydrogens (tertiary/aromatic N) is 2. The number of carbonyl (C=O) groups is 1. The molecule has 1 rings (SSSR count). The summed E-state index contributed by atoms with van der Waals surface area (Å²) in [5.41, 5.74) is 6.66. The molecule has 4 N–H and O–H groups in total. The lowest BCUT2D eigenvalue weighted by molar-refractivity contribution is -0.124. The third kappa shape index (κ3) is 10.9. The van der Waals surface area contributed by atoms with Crippen LogP contribution in [0.3, 0.4) is 0 Å². The molecule has 0 saturated carbocycles. The molecule has 0 aliphatic carbocycles. The van der Waals surface area contributed by atoms with E-state index in [1.807, 2.05) is 27.7 Å². The highest BCUT2D eigenvalue weighted by Gasteiger charge is 2.22. The number of carbonyl (C=O) groups excluding carboxylic acids is 1. The van der Waals surface area contributed by atoms with E-state index >= 15 is 0 Å². The van der Waals surface area contributed by atoms with Crippen LogP contribution in [0.2, 0.25) is 0 Å². The first-order valence-electron chi connectivity index (χ1n) is 8.37. The van der Waals surface area contributed by atoms with Gasteiger partial charge < -0.3 is 16.4 Å². The lowest BCUT2D eigenvalue weighted by Gasteiger charge is -2.32. The number of piperidine rings is 1. The first-order chi connectivity index (χ1) is 10.7. The van der Waals surface area contributed by atoms with E-state index in [4.69, 9.17) is 5.73 Å². The van der Waals surface area contributed by atoms with Gasteiger partial charge in [0.2, 0.25) is 5.91 Å². The molecule has 0 aromatic carbocycles. The Labute approximate surface area is 163 Å². The van der Waals surface area contributed by atoms with Crippen molar-refractivity contribution >= 4 is 35.8 Å². The molecule has 1 aliphatic rings. The Morgan fingerprint density at radius 2 is 1.92 bits per heavy atom. The minimum absolute atomic E-state index is 0. The summed E-state index contributed by atoms with van der Waals surface area (Å²) in [5.74, 6) is 1.17. The smallest absolute Gasteiger partial charge is 0.234 e. The van der Waals surface area contributed by atoms with Gasteiger partial charge in [0.15, 0.2) is 5.96 Å². The predicted molar refractivity (Wildman–Crippen MR) is 112 cm³/mol. The van der Waals surface area contributed by atoms with Crippen molar-refractivity contribution in [2.75, 3.05) is 32.7 Å². The molecule has 0 unspecified atom stereocenters. The second-order valence-electron chi connectivity index (χ2n) is 7.56. The summed E-state index contributed by atoms with van der Waals surface area (Å²) in [7, 11) is 0. The predicted octanol–water partition coefficient (Wildman–Crippen LogP) is 1.71. The highest BCUT2D eigenvalue weighted by atomic mass is 127. The van der Waals surface area contributed by atoms with Crippen LogP contribution in [0.25, 0.3) is 0 Å². The second kappa shape index (κ2) is 10.9. The van der Waals surface area contributed by atoms with Gasteiger partial charge in [-0.15, -0.1) is 24.0 Å². The van der Waals surface area contributed by atoms with Gasteiger partial charge in [-0.2, -0.15) is 0 Å². The van der Waals surface area contributed by atoms with Crippen LogP contribution in [-0.2, 0) is 4.79 Å². The minimum Gasteiger partial charge on any atom is -0.370 e. The zero-order chi connectivity index (χ0) is 17.5. The van der Waals surface area contributed by atoms with Crippen molar-refractivity contribution in [1.29, 1.82) is 0 Å². The summed E-state index contributed by atoms with van der Waals surface area (Å²) in [5, 5.41) is 6.19. The topological polar surface area (TPSA) is 82.8 Å². The molecule has 0 aromatic rings. The highest BCUT2D eigenvalue weighted by Crippen LogP contribution is 2.16. The molecule has 0 bridgehead atoms. The molecule has 1 aliphatic heterocycles. The number of nitrogens with two attached hydrogens (primary N) is 1. The lowest BCUT2D eigenvalue weighted by Crippen LogP contribution is -2.48. The van der Waals surface area contributed by atoms with Crippen molar-refractivity contribution in [3.05, 3.63) is 12.2 Å². The first kappa shape index (κ1) is 23.2. The fourth-order valence-corrected chi connectivity index (χ4v) is 2.53. The maximum Gasteiger partial charge on any atom is 0.234 e. The number of hydrogen-bond acceptors (Lipinski definition) is 3. The van der Waals surface area contributed by atoms with Crippen LogP contribution < -0.4 is 16.4 Å². The Morgan fingerprint density at radius 3 is 2.42 bits per heavy atom. The van der Waals surface area contributed by atoms with Gasteiger partial charge in [-0.1, -0.05) is 12.2 Å². The number of nitrogens with one attached hydrogen (secondary N) is 2. The average Bonchev–Trinajstić information content (AvgIpc) is 2.42. The molecule has 0 atom stereocenters. The molecule has 24 heavy (non-hydrogen) atoms. The molecular formula is C17H34IN5O. The highest BCUT2D eigenvalue weighted by molar-refractivity contribution is 14.0. The van der Waals surface area contributed by atoms with Gasteiger partial charge in [0.05, 0.1) is 13.1 Å². The van der Waals surface area contributed by atoms with Crippen LogP contribution in [0.4, 0.5) is 0 Å². The molecule has 140 valence electrons. The van der Waals surface area contributed by atoms with E-state index in [0.29, 0.717) is 25.0 Å². The van der Waals surface area contributed by atoms with Gasteiger partial charge in [0, 0.05) is 12.1 Å². The summed E-state index contributed by atoms with van der Waals surface area (Å²) in [6.45, 7) is 15.5. The Hall–Kier alpha value is -0.830. The second-order valence-corrected chi connectivity index (χ2v) is 7.56. The van der Waals surface area contributed by atoms with Crippen LogP contribution in [-0.4, -0.2) is 55.0 Å². The van der Waals surface area contributed by atoms with E-state index in [9.17, 15) is 4.79 Å². The number of guanidine groups is 1. The van der Waals surface area contributed by atoms with E-state index in [1.54, 1.807) is 0 Å². The molecule has 6 nitrogen and oxygen atoms in total. The van der Waals surface area contributed by atoms with Crippen molar-refractivity contribution < 1.29 is 4.79 Å². The third-order valence-corrected chi connectivity index (χ3v) is 3.68. The molecule has 1 saturated heterocycles. The number of aliphatic imine (C=N–C) groups is 1. The van der Waals surface area contributed by atoms with Gasteiger partial charge >= 0.3 is 0 Å². The summed E-state index contributed by atoms with van der Waals surface area (Å²) in [4.78, 5) is 18.4. The van der Waals surface area contributed by atoms with Crippen molar-refractivity contribution in [2.24, 2.45) is 16.6 Å². The number of rotatable bonds is 6. The van der Waals surface area contributed by atoms with Crippen molar-refractivity contribution in [1.82, 2.24) is 15.5 Å². The van der Waals surface area contributed by atoms with Crippen LogP contribution in [0.5, 0.6) is 0 Å². The van der Waals surface area contributed by atoms with Crippen LogP contribution in [0, 0.1) is 5.92 Å². The molecule has 0 spiro atoms. The van der Waals surface area contributed by atoms with Gasteiger partial charge in [-0.25, -0.2) is 4.99 Å². The molecule has 0 aromatic heterocycles. The van der Waals surface area contributed by atoms with E-state index < -0.39 is 0 Å². The molecule has 7 heteroatoms. The molecule has 0 radical (unpaired) electrons. The molecule has 1 amide bonds. The average molecular weight is 451 g/mol. The summed E-state index contributed by atoms with van der Waals surface area (Å²) in [6, 6.07) is 0. The molecular weight excluding hydrogens is 417 g/mol. The zero-order valence-corrected chi connectivity index (χ0v) is 17.9. The van der Waals surface area contributed by atoms with E-state index in [-0.39, 0.29) is 35.4 Å². The SMILES string of the molecule is C=C(C)CN=C(N)NCC1CCN(CC(=O)NC(C)(C)C)CC1.I. The summed E-state index contributed by atoms with van der Waals surface area (Å²) >= 11 is 0. The quantitative estimate of drug-likeness (QED) is 0.249. The summed E-state index contributed by atoms with van der Waals surface area (Å²) in [6.07, 6.45) is 2.15. The standard InChI is InChI=1S/C17H33N5O.HI/c1-13(2)10-19-16(18)20-11-14-6-8-22(9-7-14)12-15(23)21-17(3,4)5;/h14H,1,6-12H2,2-5H3,(H,21,23)(H3,18,19,20);1H. The van der Waals surface area contributed by atoms with Crippen molar-refractivity contribution in [2.45, 2.75) is 46.1 Å².